The van der Waals surface area contributed by atoms with Crippen LogP contribution in [0.1, 0.15) is 28.5 Å². The van der Waals surface area contributed by atoms with Crippen LogP contribution >= 0.6 is 0 Å². The van der Waals surface area contributed by atoms with Gasteiger partial charge in [0.2, 0.25) is 5.91 Å². The topological polar surface area (TPSA) is 154 Å². The van der Waals surface area contributed by atoms with Crippen molar-refractivity contribution in [1.82, 2.24) is 40.1 Å². The van der Waals surface area contributed by atoms with Gasteiger partial charge in [0.25, 0.3) is 5.91 Å². The molecule has 42 heavy (non-hydrogen) atoms. The number of hydrogen-bond donors (Lipinski definition) is 4. The van der Waals surface area contributed by atoms with Crippen LogP contribution in [0.2, 0.25) is 0 Å². The third-order valence-electron chi connectivity index (χ3n) is 6.82. The van der Waals surface area contributed by atoms with Crippen molar-refractivity contribution < 1.29 is 22.8 Å². The van der Waals surface area contributed by atoms with Crippen molar-refractivity contribution in [3.05, 3.63) is 59.8 Å². The lowest BCUT2D eigenvalue weighted by atomic mass is 10.0. The minimum Gasteiger partial charge on any atom is -0.354 e. The van der Waals surface area contributed by atoms with E-state index in [9.17, 15) is 22.8 Å². The molecule has 0 bridgehead atoms. The smallest absolute Gasteiger partial charge is 0.354 e. The molecule has 5 rings (SSSR count). The van der Waals surface area contributed by atoms with Crippen molar-refractivity contribution in [2.24, 2.45) is 5.92 Å². The molecule has 1 aromatic carbocycles. The van der Waals surface area contributed by atoms with Crippen LogP contribution < -0.4 is 21.3 Å². The van der Waals surface area contributed by atoms with E-state index in [4.69, 9.17) is 5.26 Å². The molecular formula is C27H27F3N10O2. The Morgan fingerprint density at radius 1 is 1.21 bits per heavy atom. The predicted octanol–water partition coefficient (Wildman–Crippen LogP) is 2.51. The minimum atomic E-state index is -4.74. The fourth-order valence-electron chi connectivity index (χ4n) is 4.57. The summed E-state index contributed by atoms with van der Waals surface area (Å²) in [5, 5.41) is 24.2. The molecule has 4 aromatic rings. The second-order valence-corrected chi connectivity index (χ2v) is 9.72. The van der Waals surface area contributed by atoms with Gasteiger partial charge in [-0.25, -0.2) is 9.97 Å². The van der Waals surface area contributed by atoms with Crippen molar-refractivity contribution in [3.8, 4) is 17.3 Å². The van der Waals surface area contributed by atoms with E-state index in [0.717, 1.165) is 24.0 Å². The molecule has 0 spiro atoms. The maximum absolute atomic E-state index is 13.7. The second-order valence-electron chi connectivity index (χ2n) is 9.72. The van der Waals surface area contributed by atoms with E-state index in [0.29, 0.717) is 35.7 Å². The number of anilines is 2. The van der Waals surface area contributed by atoms with Gasteiger partial charge in [-0.15, -0.1) is 0 Å². The number of carbonyl (C=O) groups is 2. The zero-order valence-electron chi connectivity index (χ0n) is 22.5. The fourth-order valence-corrected chi connectivity index (χ4v) is 4.57. The van der Waals surface area contributed by atoms with Crippen LogP contribution in [0.15, 0.2) is 43.0 Å². The van der Waals surface area contributed by atoms with Gasteiger partial charge in [-0.3, -0.25) is 18.7 Å². The van der Waals surface area contributed by atoms with Crippen molar-refractivity contribution in [2.75, 3.05) is 31.5 Å². The number of carbonyl (C=O) groups excluding carboxylic acids is 2. The number of nitriles is 1. The molecule has 0 saturated carbocycles. The predicted molar refractivity (Wildman–Crippen MR) is 146 cm³/mol. The summed E-state index contributed by atoms with van der Waals surface area (Å²) in [6.45, 7) is 3.71. The molecule has 1 saturated heterocycles. The van der Waals surface area contributed by atoms with Gasteiger partial charge in [-0.05, 0) is 30.2 Å². The van der Waals surface area contributed by atoms with Gasteiger partial charge >= 0.3 is 6.18 Å². The van der Waals surface area contributed by atoms with Crippen molar-refractivity contribution in [1.29, 1.82) is 5.26 Å². The molecule has 15 heteroatoms. The first-order chi connectivity index (χ1) is 20.2. The lowest BCUT2D eigenvalue weighted by Gasteiger charge is -2.27. The number of hydrogen-bond acceptors (Lipinski definition) is 8. The Hall–Kier alpha value is -4.97. The Kier molecular flexibility index (Phi) is 8.07. The number of nitrogens with zero attached hydrogens (tertiary/aromatic N) is 6. The molecule has 1 aliphatic heterocycles. The zero-order valence-corrected chi connectivity index (χ0v) is 22.5. The highest BCUT2D eigenvalue weighted by atomic mass is 19.4. The van der Waals surface area contributed by atoms with Gasteiger partial charge in [-0.1, -0.05) is 6.92 Å². The molecule has 0 unspecified atom stereocenters. The summed E-state index contributed by atoms with van der Waals surface area (Å²) in [7, 11) is 0. The normalized spacial score (nSPS) is 13.4. The van der Waals surface area contributed by atoms with Gasteiger partial charge < -0.3 is 21.3 Å². The summed E-state index contributed by atoms with van der Waals surface area (Å²) in [6, 6.07) is 6.85. The van der Waals surface area contributed by atoms with E-state index in [1.165, 1.54) is 23.0 Å². The van der Waals surface area contributed by atoms with E-state index in [1.54, 1.807) is 24.3 Å². The maximum atomic E-state index is 13.7. The summed E-state index contributed by atoms with van der Waals surface area (Å²) >= 11 is 0. The van der Waals surface area contributed by atoms with Gasteiger partial charge in [0.05, 0.1) is 30.1 Å². The zero-order chi connectivity index (χ0) is 29.9. The van der Waals surface area contributed by atoms with Crippen LogP contribution in [0.4, 0.5) is 24.7 Å². The molecule has 4 N–H and O–H groups in total. The number of fused-ring (bicyclic) bond motifs is 1. The average molecular weight is 581 g/mol. The van der Waals surface area contributed by atoms with Crippen LogP contribution in [0, 0.1) is 17.2 Å². The van der Waals surface area contributed by atoms with Gasteiger partial charge in [0.15, 0.2) is 17.2 Å². The number of aromatic nitrogens is 5. The second kappa shape index (κ2) is 11.9. The minimum absolute atomic E-state index is 0.127. The SMILES string of the molecule is CCc1cc(Nc2nccn3c(-c4cn(CC#N)nc4C(F)(F)F)cnc23)ccc1C(=O)NCC(=O)NCC1CNC1. The van der Waals surface area contributed by atoms with E-state index in [2.05, 4.69) is 36.3 Å². The van der Waals surface area contributed by atoms with E-state index in [1.807, 2.05) is 6.92 Å². The van der Waals surface area contributed by atoms with Crippen molar-refractivity contribution in [2.45, 2.75) is 26.1 Å². The number of amides is 2. The standard InChI is InChI=1S/C27H27F3N10O2/c1-2-17-9-18(3-4-19(17)26(42)36-14-22(41)34-12-16-10-32-11-16)37-24-25-35-13-21(40(25)8-6-33-24)20-15-39(7-5-31)38-23(20)27(28,29)30/h3-4,6,8-9,13,15-16,32H,2,7,10-12,14H2,1H3,(H,33,37)(H,34,41)(H,36,42). The third-order valence-corrected chi connectivity index (χ3v) is 6.82. The lowest BCUT2D eigenvalue weighted by molar-refractivity contribution is -0.141. The molecule has 3 aromatic heterocycles. The summed E-state index contributed by atoms with van der Waals surface area (Å²) in [5.41, 5.74) is 0.758. The largest absolute Gasteiger partial charge is 0.435 e. The van der Waals surface area contributed by atoms with E-state index < -0.39 is 11.9 Å². The molecule has 0 atom stereocenters. The third kappa shape index (κ3) is 6.03. The number of imidazole rings is 1. The molecule has 2 amide bonds. The number of halogens is 3. The fraction of sp³-hybridized carbons (Fsp3) is 0.333. The Morgan fingerprint density at radius 3 is 2.71 bits per heavy atom. The highest BCUT2D eigenvalue weighted by Gasteiger charge is 2.38. The van der Waals surface area contributed by atoms with Crippen molar-refractivity contribution in [3.63, 3.8) is 0 Å². The summed E-state index contributed by atoms with van der Waals surface area (Å²) < 4.78 is 43.6. The maximum Gasteiger partial charge on any atom is 0.435 e. The van der Waals surface area contributed by atoms with Crippen molar-refractivity contribution >= 4 is 29.0 Å². The molecule has 12 nitrogen and oxygen atoms in total. The Balaban J connectivity index is 1.34. The molecule has 1 fully saturated rings. The quantitative estimate of drug-likeness (QED) is 0.223. The Labute approximate surface area is 237 Å². The Morgan fingerprint density at radius 2 is 2.02 bits per heavy atom. The lowest BCUT2D eigenvalue weighted by Crippen LogP contribution is -2.49. The van der Waals surface area contributed by atoms with Crippen LogP contribution in [0.25, 0.3) is 16.9 Å². The first-order valence-corrected chi connectivity index (χ1v) is 13.2. The highest BCUT2D eigenvalue weighted by Crippen LogP contribution is 2.37. The van der Waals surface area contributed by atoms with Crippen LogP contribution in [-0.2, 0) is 23.9 Å². The Bertz CT molecular complexity index is 1670. The highest BCUT2D eigenvalue weighted by molar-refractivity contribution is 5.98. The number of nitrogens with one attached hydrogen (secondary N) is 4. The molecule has 0 radical (unpaired) electrons. The summed E-state index contributed by atoms with van der Waals surface area (Å²) in [5.74, 6) is 0.0504. The van der Waals surface area contributed by atoms with E-state index >= 15 is 0 Å². The van der Waals surface area contributed by atoms with Gasteiger partial charge in [0.1, 0.15) is 6.54 Å². The molecule has 0 aliphatic carbocycles. The number of rotatable bonds is 10. The number of benzene rings is 1. The number of aryl methyl sites for hydroxylation is 1. The van der Waals surface area contributed by atoms with Gasteiger partial charge in [0, 0.05) is 55.4 Å². The van der Waals surface area contributed by atoms with Crippen LogP contribution in [0.3, 0.4) is 0 Å². The summed E-state index contributed by atoms with van der Waals surface area (Å²) in [4.78, 5) is 33.5. The van der Waals surface area contributed by atoms with E-state index in [-0.39, 0.29) is 47.6 Å². The monoisotopic (exact) mass is 580 g/mol. The number of alkyl halides is 3. The average Bonchev–Trinajstić information content (AvgIpc) is 3.56. The first-order valence-electron chi connectivity index (χ1n) is 13.2. The molecule has 4 heterocycles. The first kappa shape index (κ1) is 28.6. The van der Waals surface area contributed by atoms with Crippen LogP contribution in [-0.4, -0.2) is 62.1 Å². The molecular weight excluding hydrogens is 553 g/mol. The van der Waals surface area contributed by atoms with Gasteiger partial charge in [-0.2, -0.15) is 23.5 Å². The summed E-state index contributed by atoms with van der Waals surface area (Å²) in [6.07, 6.45) is 1.14. The van der Waals surface area contributed by atoms with Crippen LogP contribution in [0.5, 0.6) is 0 Å². The molecule has 218 valence electrons. The molecule has 1 aliphatic rings.